The molecule has 16 heavy (non-hydrogen) atoms. The lowest BCUT2D eigenvalue weighted by Crippen LogP contribution is -2.32. The van der Waals surface area contributed by atoms with Crippen LogP contribution in [0.2, 0.25) is 0 Å². The molecule has 1 unspecified atom stereocenters. The van der Waals surface area contributed by atoms with Gasteiger partial charge in [-0.3, -0.25) is 0 Å². The van der Waals surface area contributed by atoms with E-state index in [1.807, 2.05) is 29.2 Å². The van der Waals surface area contributed by atoms with Crippen molar-refractivity contribution >= 4 is 23.1 Å². The Labute approximate surface area is 107 Å². The standard InChI is InChI=1S/C13H21NS2/c1-3-8-15-10-7-14-12(4-2)11-13-6-5-9-16-13/h3,5-6,9,12,14H,1,4,7-8,10-11H2,2H3. The molecule has 0 amide bonds. The highest BCUT2D eigenvalue weighted by Gasteiger charge is 2.06. The van der Waals surface area contributed by atoms with Gasteiger partial charge in [-0.05, 0) is 24.3 Å². The number of nitrogens with one attached hydrogen (secondary N) is 1. The lowest BCUT2D eigenvalue weighted by molar-refractivity contribution is 0.515. The molecule has 0 aromatic carbocycles. The van der Waals surface area contributed by atoms with Crippen molar-refractivity contribution in [2.24, 2.45) is 0 Å². The fourth-order valence-electron chi connectivity index (χ4n) is 1.53. The summed E-state index contributed by atoms with van der Waals surface area (Å²) in [7, 11) is 0. The lowest BCUT2D eigenvalue weighted by Gasteiger charge is -2.15. The zero-order valence-electron chi connectivity index (χ0n) is 9.95. The number of rotatable bonds is 9. The molecule has 1 atom stereocenters. The fraction of sp³-hybridized carbons (Fsp3) is 0.538. The van der Waals surface area contributed by atoms with Crippen LogP contribution >= 0.6 is 23.1 Å². The van der Waals surface area contributed by atoms with Gasteiger partial charge in [-0.2, -0.15) is 11.8 Å². The van der Waals surface area contributed by atoms with Crippen LogP contribution < -0.4 is 5.32 Å². The van der Waals surface area contributed by atoms with Gasteiger partial charge < -0.3 is 5.32 Å². The van der Waals surface area contributed by atoms with Gasteiger partial charge in [0.05, 0.1) is 0 Å². The minimum Gasteiger partial charge on any atom is -0.313 e. The third-order valence-corrected chi connectivity index (χ3v) is 4.30. The van der Waals surface area contributed by atoms with Gasteiger partial charge >= 0.3 is 0 Å². The largest absolute Gasteiger partial charge is 0.313 e. The molecule has 0 radical (unpaired) electrons. The molecule has 0 fully saturated rings. The van der Waals surface area contributed by atoms with Gasteiger partial charge in [-0.1, -0.05) is 19.1 Å². The van der Waals surface area contributed by atoms with E-state index < -0.39 is 0 Å². The highest BCUT2D eigenvalue weighted by Crippen LogP contribution is 2.12. The predicted octanol–water partition coefficient (Wildman–Crippen LogP) is 3.58. The van der Waals surface area contributed by atoms with E-state index in [0.29, 0.717) is 6.04 Å². The third kappa shape index (κ3) is 5.73. The Bertz CT molecular complexity index is 269. The van der Waals surface area contributed by atoms with Crippen molar-refractivity contribution in [1.29, 1.82) is 0 Å². The van der Waals surface area contributed by atoms with Crippen LogP contribution in [0.25, 0.3) is 0 Å². The van der Waals surface area contributed by atoms with Crippen LogP contribution in [0.1, 0.15) is 18.2 Å². The monoisotopic (exact) mass is 255 g/mol. The van der Waals surface area contributed by atoms with E-state index in [4.69, 9.17) is 0 Å². The molecule has 1 rings (SSSR count). The Morgan fingerprint density at radius 2 is 2.50 bits per heavy atom. The van der Waals surface area contributed by atoms with Crippen molar-refractivity contribution in [3.63, 3.8) is 0 Å². The van der Waals surface area contributed by atoms with E-state index in [2.05, 4.69) is 36.3 Å². The predicted molar refractivity (Wildman–Crippen MR) is 77.6 cm³/mol. The summed E-state index contributed by atoms with van der Waals surface area (Å²) < 4.78 is 0. The van der Waals surface area contributed by atoms with Gasteiger partial charge in [0.25, 0.3) is 0 Å². The number of thiophene rings is 1. The minimum atomic E-state index is 0.628. The molecular formula is C13H21NS2. The maximum Gasteiger partial charge on any atom is 0.0113 e. The summed E-state index contributed by atoms with van der Waals surface area (Å²) >= 11 is 3.79. The normalized spacial score (nSPS) is 12.6. The summed E-state index contributed by atoms with van der Waals surface area (Å²) in [6.07, 6.45) is 4.33. The zero-order chi connectivity index (χ0) is 11.6. The van der Waals surface area contributed by atoms with Crippen LogP contribution in [0.3, 0.4) is 0 Å². The van der Waals surface area contributed by atoms with Crippen LogP contribution in [-0.2, 0) is 6.42 Å². The van der Waals surface area contributed by atoms with E-state index in [-0.39, 0.29) is 0 Å². The second-order valence-corrected chi connectivity index (χ2v) is 5.89. The second-order valence-electron chi connectivity index (χ2n) is 3.71. The molecule has 0 saturated heterocycles. The van der Waals surface area contributed by atoms with E-state index in [1.54, 1.807) is 0 Å². The van der Waals surface area contributed by atoms with Crippen molar-refractivity contribution in [1.82, 2.24) is 5.32 Å². The Hall–Kier alpha value is -0.250. The first kappa shape index (κ1) is 13.8. The SMILES string of the molecule is C=CCSCCNC(CC)Cc1cccs1. The molecule has 0 saturated carbocycles. The smallest absolute Gasteiger partial charge is 0.0113 e. The highest BCUT2D eigenvalue weighted by atomic mass is 32.2. The molecule has 90 valence electrons. The van der Waals surface area contributed by atoms with Gasteiger partial charge in [-0.25, -0.2) is 0 Å². The number of thioether (sulfide) groups is 1. The summed E-state index contributed by atoms with van der Waals surface area (Å²) in [6.45, 7) is 7.07. The summed E-state index contributed by atoms with van der Waals surface area (Å²) in [5.41, 5.74) is 0. The maximum atomic E-state index is 3.72. The minimum absolute atomic E-state index is 0.628. The van der Waals surface area contributed by atoms with E-state index >= 15 is 0 Å². The molecule has 0 aliphatic heterocycles. The molecule has 0 spiro atoms. The third-order valence-electron chi connectivity index (χ3n) is 2.44. The van der Waals surface area contributed by atoms with Gasteiger partial charge in [-0.15, -0.1) is 17.9 Å². The Kier molecular flexibility index (Phi) is 7.64. The van der Waals surface area contributed by atoms with Crippen LogP contribution in [0.5, 0.6) is 0 Å². The summed E-state index contributed by atoms with van der Waals surface area (Å²) in [6, 6.07) is 4.98. The van der Waals surface area contributed by atoms with Crippen LogP contribution in [0.4, 0.5) is 0 Å². The average molecular weight is 255 g/mol. The first-order chi connectivity index (χ1) is 7.86. The summed E-state index contributed by atoms with van der Waals surface area (Å²) in [5, 5.41) is 5.77. The molecule has 0 aliphatic carbocycles. The first-order valence-corrected chi connectivity index (χ1v) is 7.84. The molecule has 1 heterocycles. The first-order valence-electron chi connectivity index (χ1n) is 5.81. The number of hydrogen-bond donors (Lipinski definition) is 1. The summed E-state index contributed by atoms with van der Waals surface area (Å²) in [4.78, 5) is 1.48. The Balaban J connectivity index is 2.14. The van der Waals surface area contributed by atoms with E-state index in [0.717, 1.165) is 12.3 Å². The van der Waals surface area contributed by atoms with Crippen molar-refractivity contribution in [3.05, 3.63) is 35.0 Å². The second kappa shape index (κ2) is 8.85. The molecular weight excluding hydrogens is 234 g/mol. The Morgan fingerprint density at radius 1 is 1.62 bits per heavy atom. The molecule has 0 bridgehead atoms. The molecule has 1 aromatic rings. The van der Waals surface area contributed by atoms with Gasteiger partial charge in [0.2, 0.25) is 0 Å². The molecule has 0 aliphatic rings. The average Bonchev–Trinajstić information content (AvgIpc) is 2.80. The molecule has 1 aromatic heterocycles. The number of hydrogen-bond acceptors (Lipinski definition) is 3. The quantitative estimate of drug-likeness (QED) is 0.535. The highest BCUT2D eigenvalue weighted by molar-refractivity contribution is 7.99. The Morgan fingerprint density at radius 3 is 3.12 bits per heavy atom. The molecule has 3 heteroatoms. The summed E-state index contributed by atoms with van der Waals surface area (Å²) in [5.74, 6) is 2.23. The van der Waals surface area contributed by atoms with Gasteiger partial charge in [0.15, 0.2) is 0 Å². The topological polar surface area (TPSA) is 12.0 Å². The van der Waals surface area contributed by atoms with Crippen molar-refractivity contribution < 1.29 is 0 Å². The lowest BCUT2D eigenvalue weighted by atomic mass is 10.1. The van der Waals surface area contributed by atoms with Crippen LogP contribution in [0.15, 0.2) is 30.2 Å². The fourth-order valence-corrected chi connectivity index (χ4v) is 2.92. The van der Waals surface area contributed by atoms with Gasteiger partial charge in [0.1, 0.15) is 0 Å². The van der Waals surface area contributed by atoms with Crippen molar-refractivity contribution in [3.8, 4) is 0 Å². The van der Waals surface area contributed by atoms with Crippen LogP contribution in [-0.4, -0.2) is 24.1 Å². The van der Waals surface area contributed by atoms with Crippen molar-refractivity contribution in [2.45, 2.75) is 25.8 Å². The van der Waals surface area contributed by atoms with Crippen LogP contribution in [0, 0.1) is 0 Å². The zero-order valence-corrected chi connectivity index (χ0v) is 11.6. The maximum absolute atomic E-state index is 3.72. The molecule has 1 N–H and O–H groups in total. The van der Waals surface area contributed by atoms with Gasteiger partial charge in [0, 0.05) is 29.0 Å². The molecule has 1 nitrogen and oxygen atoms in total. The van der Waals surface area contributed by atoms with E-state index in [9.17, 15) is 0 Å². The van der Waals surface area contributed by atoms with Crippen molar-refractivity contribution in [2.75, 3.05) is 18.1 Å². The van der Waals surface area contributed by atoms with E-state index in [1.165, 1.54) is 23.5 Å².